The molecule has 3 rings (SSSR count). The number of carbonyl (C=O) groups excluding carboxylic acids is 1. The monoisotopic (exact) mass is 272 g/mol. The van der Waals surface area contributed by atoms with Crippen molar-refractivity contribution in [2.75, 3.05) is 6.54 Å². The number of pyridine rings is 1. The van der Waals surface area contributed by atoms with Gasteiger partial charge in [-0.1, -0.05) is 6.07 Å². The van der Waals surface area contributed by atoms with E-state index in [0.29, 0.717) is 18.1 Å². The summed E-state index contributed by atoms with van der Waals surface area (Å²) in [6, 6.07) is 5.19. The van der Waals surface area contributed by atoms with Crippen LogP contribution in [-0.4, -0.2) is 27.9 Å². The maximum atomic E-state index is 12.2. The first-order valence-corrected chi connectivity index (χ1v) is 6.67. The van der Waals surface area contributed by atoms with Gasteiger partial charge in [0.1, 0.15) is 11.2 Å². The molecule has 0 radical (unpaired) electrons. The van der Waals surface area contributed by atoms with E-state index in [2.05, 4.69) is 10.3 Å². The number of nitrogens with one attached hydrogen (secondary N) is 1. The van der Waals surface area contributed by atoms with Crippen LogP contribution in [0, 0.1) is 5.92 Å². The highest BCUT2D eigenvalue weighted by molar-refractivity contribution is 5.93. The lowest BCUT2D eigenvalue weighted by molar-refractivity contribution is 0.0948. The second kappa shape index (κ2) is 5.05. The number of nitrogens with zero attached hydrogens (tertiary/aromatic N) is 2. The van der Waals surface area contributed by atoms with E-state index >= 15 is 0 Å². The Bertz CT molecular complexity index is 706. The van der Waals surface area contributed by atoms with Crippen LogP contribution in [0.1, 0.15) is 23.2 Å². The molecule has 1 amide bonds. The van der Waals surface area contributed by atoms with Gasteiger partial charge in [-0.15, -0.1) is 0 Å². The molecule has 1 saturated carbocycles. The average Bonchev–Trinajstić information content (AvgIpc) is 3.30. The van der Waals surface area contributed by atoms with Gasteiger partial charge in [-0.05, 0) is 30.9 Å². The lowest BCUT2D eigenvalue weighted by Crippen LogP contribution is -2.40. The highest BCUT2D eigenvalue weighted by Crippen LogP contribution is 2.31. The van der Waals surface area contributed by atoms with Crippen LogP contribution in [0.3, 0.4) is 0 Å². The maximum Gasteiger partial charge on any atom is 0.270 e. The lowest BCUT2D eigenvalue weighted by Gasteiger charge is -2.11. The third kappa shape index (κ3) is 2.42. The third-order valence-electron chi connectivity index (χ3n) is 3.58. The molecule has 104 valence electrons. The van der Waals surface area contributed by atoms with Crippen LogP contribution in [0.4, 0.5) is 0 Å². The van der Waals surface area contributed by atoms with Crippen LogP contribution in [-0.2, 0) is 0 Å². The fraction of sp³-hybridized carbons (Fsp3) is 0.357. The predicted octanol–water partition coefficient (Wildman–Crippen LogP) is 0.162. The molecular formula is C14H16N4O2. The molecular weight excluding hydrogens is 256 g/mol. The van der Waals surface area contributed by atoms with Crippen molar-refractivity contribution in [3.63, 3.8) is 0 Å². The Morgan fingerprint density at radius 3 is 3.05 bits per heavy atom. The largest absolute Gasteiger partial charge is 0.350 e. The smallest absolute Gasteiger partial charge is 0.270 e. The SMILES string of the molecule is NC(CNC(=O)c1cnc2ccccn2c1=O)C1CC1. The number of nitrogens with two attached hydrogens (primary N) is 1. The van der Waals surface area contributed by atoms with Gasteiger partial charge in [-0.3, -0.25) is 14.0 Å². The first-order valence-electron chi connectivity index (χ1n) is 6.67. The van der Waals surface area contributed by atoms with Crippen molar-refractivity contribution in [1.82, 2.24) is 14.7 Å². The minimum absolute atomic E-state index is 0.0323. The molecule has 1 aliphatic rings. The van der Waals surface area contributed by atoms with Gasteiger partial charge in [0.2, 0.25) is 0 Å². The summed E-state index contributed by atoms with van der Waals surface area (Å²) >= 11 is 0. The molecule has 1 aliphatic carbocycles. The van der Waals surface area contributed by atoms with E-state index in [1.807, 2.05) is 0 Å². The quantitative estimate of drug-likeness (QED) is 0.829. The summed E-state index contributed by atoms with van der Waals surface area (Å²) in [4.78, 5) is 28.3. The summed E-state index contributed by atoms with van der Waals surface area (Å²) in [6.45, 7) is 0.389. The lowest BCUT2D eigenvalue weighted by atomic mass is 10.2. The summed E-state index contributed by atoms with van der Waals surface area (Å²) < 4.78 is 1.36. The molecule has 20 heavy (non-hydrogen) atoms. The van der Waals surface area contributed by atoms with Crippen molar-refractivity contribution >= 4 is 11.6 Å². The molecule has 0 aliphatic heterocycles. The van der Waals surface area contributed by atoms with Crippen LogP contribution in [0.2, 0.25) is 0 Å². The molecule has 6 heteroatoms. The summed E-state index contributed by atoms with van der Waals surface area (Å²) in [5, 5.41) is 2.71. The number of rotatable bonds is 4. The molecule has 3 N–H and O–H groups in total. The van der Waals surface area contributed by atoms with Crippen LogP contribution < -0.4 is 16.6 Å². The van der Waals surface area contributed by atoms with Crippen LogP contribution in [0.5, 0.6) is 0 Å². The molecule has 2 aromatic rings. The minimum Gasteiger partial charge on any atom is -0.350 e. The summed E-state index contributed by atoms with van der Waals surface area (Å²) in [6.07, 6.45) is 5.15. The van der Waals surface area contributed by atoms with Gasteiger partial charge >= 0.3 is 0 Å². The zero-order valence-corrected chi connectivity index (χ0v) is 11.0. The fourth-order valence-corrected chi connectivity index (χ4v) is 2.18. The average molecular weight is 272 g/mol. The van der Waals surface area contributed by atoms with Crippen LogP contribution >= 0.6 is 0 Å². The minimum atomic E-state index is -0.420. The van der Waals surface area contributed by atoms with Gasteiger partial charge in [0, 0.05) is 25.0 Å². The van der Waals surface area contributed by atoms with Crippen molar-refractivity contribution < 1.29 is 4.79 Å². The predicted molar refractivity (Wildman–Crippen MR) is 74.5 cm³/mol. The van der Waals surface area contributed by atoms with Gasteiger partial charge in [0.15, 0.2) is 0 Å². The Kier molecular flexibility index (Phi) is 3.23. The molecule has 6 nitrogen and oxygen atoms in total. The highest BCUT2D eigenvalue weighted by Gasteiger charge is 2.28. The Hall–Kier alpha value is -2.21. The number of hydrogen-bond donors (Lipinski definition) is 2. The first kappa shape index (κ1) is 12.8. The van der Waals surface area contributed by atoms with E-state index in [1.165, 1.54) is 10.6 Å². The normalized spacial score (nSPS) is 16.1. The number of aromatic nitrogens is 2. The Balaban J connectivity index is 1.80. The van der Waals surface area contributed by atoms with Crippen LogP contribution in [0.25, 0.3) is 5.65 Å². The zero-order chi connectivity index (χ0) is 14.1. The molecule has 2 aromatic heterocycles. The molecule has 1 fully saturated rings. The Morgan fingerprint density at radius 1 is 1.50 bits per heavy atom. The standard InChI is InChI=1S/C14H16N4O2/c15-11(9-4-5-9)8-17-13(19)10-7-16-12-3-1-2-6-18(12)14(10)20/h1-3,6-7,9,11H,4-5,8,15H2,(H,17,19). The molecule has 1 atom stereocenters. The fourth-order valence-electron chi connectivity index (χ4n) is 2.18. The van der Waals surface area contributed by atoms with E-state index in [4.69, 9.17) is 5.73 Å². The topological polar surface area (TPSA) is 89.5 Å². The van der Waals surface area contributed by atoms with Gasteiger partial charge in [-0.25, -0.2) is 4.98 Å². The number of fused-ring (bicyclic) bond motifs is 1. The van der Waals surface area contributed by atoms with Crippen molar-refractivity contribution in [3.05, 3.63) is 46.5 Å². The van der Waals surface area contributed by atoms with Crippen molar-refractivity contribution in [2.45, 2.75) is 18.9 Å². The van der Waals surface area contributed by atoms with Crippen LogP contribution in [0.15, 0.2) is 35.4 Å². The van der Waals surface area contributed by atoms with Crippen molar-refractivity contribution in [3.8, 4) is 0 Å². The first-order chi connectivity index (χ1) is 9.66. The van der Waals surface area contributed by atoms with E-state index in [1.54, 1.807) is 24.4 Å². The maximum absolute atomic E-state index is 12.2. The number of carbonyl (C=O) groups is 1. The van der Waals surface area contributed by atoms with Crippen molar-refractivity contribution in [2.24, 2.45) is 11.7 Å². The molecule has 0 spiro atoms. The molecule has 1 unspecified atom stereocenters. The van der Waals surface area contributed by atoms with Gasteiger partial charge in [0.05, 0.1) is 0 Å². The highest BCUT2D eigenvalue weighted by atomic mass is 16.2. The van der Waals surface area contributed by atoms with Crippen molar-refractivity contribution in [1.29, 1.82) is 0 Å². The second-order valence-corrected chi connectivity index (χ2v) is 5.12. The Morgan fingerprint density at radius 2 is 2.30 bits per heavy atom. The Labute approximate surface area is 115 Å². The number of amides is 1. The van der Waals surface area contributed by atoms with E-state index in [0.717, 1.165) is 12.8 Å². The molecule has 0 saturated heterocycles. The van der Waals surface area contributed by atoms with Gasteiger partial charge < -0.3 is 11.1 Å². The molecule has 0 aromatic carbocycles. The summed E-state index contributed by atoms with van der Waals surface area (Å²) in [5.74, 6) is 0.0861. The third-order valence-corrected chi connectivity index (χ3v) is 3.58. The van der Waals surface area contributed by atoms with E-state index < -0.39 is 5.91 Å². The second-order valence-electron chi connectivity index (χ2n) is 5.12. The molecule has 0 bridgehead atoms. The summed E-state index contributed by atoms with van der Waals surface area (Å²) in [7, 11) is 0. The van der Waals surface area contributed by atoms with Gasteiger partial charge in [0.25, 0.3) is 11.5 Å². The zero-order valence-electron chi connectivity index (χ0n) is 11.0. The van der Waals surface area contributed by atoms with Gasteiger partial charge in [-0.2, -0.15) is 0 Å². The van der Waals surface area contributed by atoms with E-state index in [9.17, 15) is 9.59 Å². The molecule has 2 heterocycles. The summed E-state index contributed by atoms with van der Waals surface area (Å²) in [5.41, 5.74) is 6.11. The van der Waals surface area contributed by atoms with E-state index in [-0.39, 0.29) is 17.2 Å². The number of hydrogen-bond acceptors (Lipinski definition) is 4.